The lowest BCUT2D eigenvalue weighted by molar-refractivity contribution is -0.907. The Morgan fingerprint density at radius 2 is 1.92 bits per heavy atom. The summed E-state index contributed by atoms with van der Waals surface area (Å²) in [6.07, 6.45) is 2.81. The predicted octanol–water partition coefficient (Wildman–Crippen LogP) is 2.67. The Kier molecular flexibility index (Phi) is 6.53. The van der Waals surface area contributed by atoms with E-state index >= 15 is 0 Å². The topological polar surface area (TPSA) is 55.7 Å². The van der Waals surface area contributed by atoms with Crippen molar-refractivity contribution in [3.63, 3.8) is 0 Å². The largest absolute Gasteiger partial charge is 0.364 e. The van der Waals surface area contributed by atoms with Crippen LogP contribution in [0.1, 0.15) is 24.3 Å². The van der Waals surface area contributed by atoms with Crippen LogP contribution in [0, 0.1) is 0 Å². The molecule has 0 radical (unpaired) electrons. The molecule has 26 heavy (non-hydrogen) atoms. The molecule has 2 aromatic rings. The third kappa shape index (κ3) is 5.66. The second-order valence-corrected chi connectivity index (χ2v) is 8.71. The Labute approximate surface area is 167 Å². The molecule has 8 heteroatoms. The summed E-state index contributed by atoms with van der Waals surface area (Å²) < 4.78 is 5.71. The maximum atomic E-state index is 12.3. The van der Waals surface area contributed by atoms with Crippen molar-refractivity contribution in [2.45, 2.75) is 32.5 Å². The van der Waals surface area contributed by atoms with Crippen LogP contribution in [-0.2, 0) is 16.0 Å². The number of carbonyl (C=O) groups excluding carboxylic acids is 1. The number of hydrogen-bond donors (Lipinski definition) is 2. The number of benzene rings is 1. The highest BCUT2D eigenvalue weighted by atomic mass is 35.5. The second-order valence-electron chi connectivity index (χ2n) is 6.73. The van der Waals surface area contributed by atoms with Gasteiger partial charge in [0.15, 0.2) is 11.7 Å². The van der Waals surface area contributed by atoms with Crippen molar-refractivity contribution < 1.29 is 14.4 Å². The summed E-state index contributed by atoms with van der Waals surface area (Å²) in [7, 11) is 0. The van der Waals surface area contributed by atoms with Crippen molar-refractivity contribution in [3.05, 3.63) is 44.9 Å². The van der Waals surface area contributed by atoms with Crippen LogP contribution in [0.25, 0.3) is 0 Å². The minimum absolute atomic E-state index is 0.0204. The normalized spacial score (nSPS) is 23.0. The van der Waals surface area contributed by atoms with E-state index in [2.05, 4.69) is 10.3 Å². The first-order chi connectivity index (χ1) is 12.4. The van der Waals surface area contributed by atoms with E-state index in [4.69, 9.17) is 27.9 Å². The molecule has 2 unspecified atom stereocenters. The summed E-state index contributed by atoms with van der Waals surface area (Å²) in [4.78, 5) is 18.9. The van der Waals surface area contributed by atoms with Gasteiger partial charge in [0.25, 0.3) is 5.91 Å². The van der Waals surface area contributed by atoms with E-state index in [-0.39, 0.29) is 18.1 Å². The molecule has 0 saturated carbocycles. The van der Waals surface area contributed by atoms with E-state index in [0.717, 1.165) is 23.5 Å². The molecular formula is C18H22Cl2N3O2S+. The average Bonchev–Trinajstić information content (AvgIpc) is 2.91. The number of anilines is 1. The Hall–Kier alpha value is -1.18. The number of morpholine rings is 1. The van der Waals surface area contributed by atoms with Gasteiger partial charge in [-0.1, -0.05) is 23.2 Å². The van der Waals surface area contributed by atoms with Crippen LogP contribution in [0.15, 0.2) is 24.4 Å². The molecule has 1 amide bonds. The lowest BCUT2D eigenvalue weighted by atomic mass is 10.1. The molecule has 1 saturated heterocycles. The third-order valence-corrected chi connectivity index (χ3v) is 5.48. The number of quaternary nitrogens is 1. The first-order valence-corrected chi connectivity index (χ1v) is 10.1. The summed E-state index contributed by atoms with van der Waals surface area (Å²) in [6.45, 7) is 6.20. The van der Waals surface area contributed by atoms with Crippen molar-refractivity contribution in [2.75, 3.05) is 25.0 Å². The minimum atomic E-state index is -0.0204. The molecule has 0 aliphatic carbocycles. The van der Waals surface area contributed by atoms with Crippen LogP contribution in [-0.4, -0.2) is 42.7 Å². The Balaban J connectivity index is 1.55. The van der Waals surface area contributed by atoms with Crippen LogP contribution in [0.2, 0.25) is 10.0 Å². The Bertz CT molecular complexity index is 753. The van der Waals surface area contributed by atoms with Gasteiger partial charge in [-0.15, -0.1) is 11.3 Å². The number of aromatic nitrogens is 1. The first kappa shape index (κ1) is 19.6. The summed E-state index contributed by atoms with van der Waals surface area (Å²) in [6, 6.07) is 5.48. The van der Waals surface area contributed by atoms with Crippen molar-refractivity contribution in [3.8, 4) is 0 Å². The van der Waals surface area contributed by atoms with Crippen molar-refractivity contribution in [1.82, 2.24) is 4.98 Å². The number of rotatable bonds is 5. The van der Waals surface area contributed by atoms with Crippen molar-refractivity contribution in [2.24, 2.45) is 0 Å². The highest BCUT2D eigenvalue weighted by Gasteiger charge is 2.27. The predicted molar refractivity (Wildman–Crippen MR) is 106 cm³/mol. The lowest BCUT2D eigenvalue weighted by Gasteiger charge is -2.31. The van der Waals surface area contributed by atoms with E-state index < -0.39 is 0 Å². The van der Waals surface area contributed by atoms with Gasteiger partial charge in [-0.2, -0.15) is 0 Å². The van der Waals surface area contributed by atoms with Crippen LogP contribution in [0.4, 0.5) is 5.13 Å². The van der Waals surface area contributed by atoms with Crippen LogP contribution < -0.4 is 10.2 Å². The number of hydrogen-bond acceptors (Lipinski definition) is 4. The smallest absolute Gasteiger partial charge is 0.281 e. The van der Waals surface area contributed by atoms with Crippen LogP contribution in [0.5, 0.6) is 0 Å². The fourth-order valence-corrected chi connectivity index (χ4v) is 4.72. The van der Waals surface area contributed by atoms with Crippen molar-refractivity contribution in [1.29, 1.82) is 0 Å². The zero-order valence-electron chi connectivity index (χ0n) is 14.7. The summed E-state index contributed by atoms with van der Waals surface area (Å²) in [5, 5.41) is 4.75. The number of carbonyl (C=O) groups is 1. The molecular weight excluding hydrogens is 393 g/mol. The summed E-state index contributed by atoms with van der Waals surface area (Å²) >= 11 is 13.5. The van der Waals surface area contributed by atoms with E-state index in [9.17, 15) is 4.79 Å². The van der Waals surface area contributed by atoms with Gasteiger partial charge in [0.1, 0.15) is 25.3 Å². The molecule has 3 rings (SSSR count). The Morgan fingerprint density at radius 3 is 2.58 bits per heavy atom. The molecule has 1 aromatic heterocycles. The number of nitrogens with zero attached hydrogens (tertiary/aromatic N) is 1. The molecule has 1 aromatic carbocycles. The quantitative estimate of drug-likeness (QED) is 0.790. The summed E-state index contributed by atoms with van der Waals surface area (Å²) in [5.74, 6) is -0.0204. The van der Waals surface area contributed by atoms with Gasteiger partial charge >= 0.3 is 0 Å². The zero-order valence-corrected chi connectivity index (χ0v) is 17.0. The van der Waals surface area contributed by atoms with Crippen molar-refractivity contribution >= 4 is 45.6 Å². The molecule has 1 fully saturated rings. The number of halogens is 2. The maximum Gasteiger partial charge on any atom is 0.281 e. The van der Waals surface area contributed by atoms with Gasteiger partial charge in [-0.3, -0.25) is 10.1 Å². The number of nitrogens with one attached hydrogen (secondary N) is 2. The van der Waals surface area contributed by atoms with Gasteiger partial charge in [0.05, 0.1) is 0 Å². The van der Waals surface area contributed by atoms with Crippen LogP contribution in [0.3, 0.4) is 0 Å². The van der Waals surface area contributed by atoms with Gasteiger partial charge in [0.2, 0.25) is 0 Å². The molecule has 2 N–H and O–H groups in total. The fourth-order valence-electron chi connectivity index (χ4n) is 3.29. The number of thiazole rings is 1. The lowest BCUT2D eigenvalue weighted by Crippen LogP contribution is -3.16. The molecule has 140 valence electrons. The van der Waals surface area contributed by atoms with E-state index in [1.165, 1.54) is 16.2 Å². The molecule has 0 spiro atoms. The monoisotopic (exact) mass is 414 g/mol. The van der Waals surface area contributed by atoms with Gasteiger partial charge in [0, 0.05) is 27.5 Å². The Morgan fingerprint density at radius 1 is 1.27 bits per heavy atom. The maximum absolute atomic E-state index is 12.3. The van der Waals surface area contributed by atoms with E-state index in [1.807, 2.05) is 26.0 Å². The van der Waals surface area contributed by atoms with E-state index in [1.54, 1.807) is 12.3 Å². The third-order valence-electron chi connectivity index (χ3n) is 4.13. The standard InChI is InChI=1S/C18H21Cl2N3O2S/c1-11-8-23(9-12(2)25-11)10-17(24)22-18-21-7-16(26-18)5-13-3-14(19)6-15(20)4-13/h3-4,6-7,11-12H,5,8-10H2,1-2H3,(H,21,22,24)/p+1. The zero-order chi connectivity index (χ0) is 18.7. The average molecular weight is 415 g/mol. The molecule has 2 heterocycles. The molecule has 1 aliphatic heterocycles. The minimum Gasteiger partial charge on any atom is -0.364 e. The van der Waals surface area contributed by atoms with Gasteiger partial charge in [-0.05, 0) is 37.6 Å². The number of ether oxygens (including phenoxy) is 1. The highest BCUT2D eigenvalue weighted by Crippen LogP contribution is 2.25. The SMILES string of the molecule is CC1C[NH+](CC(=O)Nc2ncc(Cc3cc(Cl)cc(Cl)c3)s2)CC(C)O1. The number of amides is 1. The fraction of sp³-hybridized carbons (Fsp3) is 0.444. The first-order valence-electron chi connectivity index (χ1n) is 8.56. The van der Waals surface area contributed by atoms with Gasteiger partial charge < -0.3 is 9.64 Å². The van der Waals surface area contributed by atoms with Crippen LogP contribution >= 0.6 is 34.5 Å². The molecule has 5 nitrogen and oxygen atoms in total. The second kappa shape index (κ2) is 8.67. The van der Waals surface area contributed by atoms with Gasteiger partial charge in [-0.25, -0.2) is 4.98 Å². The molecule has 0 bridgehead atoms. The molecule has 2 atom stereocenters. The summed E-state index contributed by atoms with van der Waals surface area (Å²) in [5.41, 5.74) is 1.02. The highest BCUT2D eigenvalue weighted by molar-refractivity contribution is 7.15. The van der Waals surface area contributed by atoms with E-state index in [0.29, 0.717) is 28.1 Å². The molecule has 1 aliphatic rings.